The monoisotopic (exact) mass is 552 g/mol. The van der Waals surface area contributed by atoms with Gasteiger partial charge in [-0.1, -0.05) is 0 Å². The summed E-state index contributed by atoms with van der Waals surface area (Å²) in [5.74, 6) is 1.32. The predicted molar refractivity (Wildman–Crippen MR) is 151 cm³/mol. The number of pyridine rings is 1. The van der Waals surface area contributed by atoms with Gasteiger partial charge in [0.25, 0.3) is 0 Å². The number of hydrogen-bond acceptors (Lipinski definition) is 7. The zero-order chi connectivity index (χ0) is 28.0. The van der Waals surface area contributed by atoms with Crippen LogP contribution in [0, 0.1) is 5.82 Å². The van der Waals surface area contributed by atoms with Crippen molar-refractivity contribution in [3.05, 3.63) is 46.9 Å². The maximum atomic E-state index is 15.5. The normalized spacial score (nSPS) is 22.8. The molecule has 0 radical (unpaired) electrons. The van der Waals surface area contributed by atoms with E-state index in [4.69, 9.17) is 14.2 Å². The van der Waals surface area contributed by atoms with E-state index in [0.717, 1.165) is 68.9 Å². The molecule has 1 aromatic carbocycles. The summed E-state index contributed by atoms with van der Waals surface area (Å²) in [6, 6.07) is 6.19. The Balaban J connectivity index is 1.12. The van der Waals surface area contributed by atoms with Crippen LogP contribution in [0.5, 0.6) is 5.75 Å². The minimum Gasteiger partial charge on any atom is -0.481 e. The number of halogens is 1. The largest absolute Gasteiger partial charge is 0.481 e. The molecule has 8 nitrogen and oxygen atoms in total. The van der Waals surface area contributed by atoms with Crippen LogP contribution >= 0.6 is 0 Å². The molecule has 1 atom stereocenters. The molecule has 3 saturated heterocycles. The lowest BCUT2D eigenvalue weighted by Gasteiger charge is -2.47. The molecular formula is C31H41FN4O4. The molecule has 1 aromatic heterocycles. The number of carbonyl (C=O) groups excluding carboxylic acids is 1. The molecule has 1 amide bonds. The molecule has 3 fully saturated rings. The first-order chi connectivity index (χ1) is 19.2. The first kappa shape index (κ1) is 27.3. The van der Waals surface area contributed by atoms with Gasteiger partial charge in [-0.15, -0.1) is 0 Å². The van der Waals surface area contributed by atoms with Crippen LogP contribution in [0.25, 0.3) is 0 Å². The highest BCUT2D eigenvalue weighted by Gasteiger charge is 2.37. The lowest BCUT2D eigenvalue weighted by Crippen LogP contribution is -2.55. The number of likely N-dealkylation sites (tertiary alicyclic amines) is 2. The summed E-state index contributed by atoms with van der Waals surface area (Å²) in [5, 5.41) is 3.43. The molecule has 1 N–H and O–H groups in total. The molecule has 0 aliphatic carbocycles. The van der Waals surface area contributed by atoms with E-state index in [1.807, 2.05) is 44.9 Å². The molecule has 6 rings (SSSR count). The maximum Gasteiger partial charge on any atom is 0.410 e. The van der Waals surface area contributed by atoms with Crippen molar-refractivity contribution in [2.75, 3.05) is 44.7 Å². The third-order valence-electron chi connectivity index (χ3n) is 8.72. The van der Waals surface area contributed by atoms with E-state index in [1.165, 1.54) is 5.56 Å². The molecule has 0 spiro atoms. The fraction of sp³-hybridized carbons (Fsp3) is 0.613. The molecule has 2 aromatic rings. The Hall–Kier alpha value is -2.91. The molecule has 5 heterocycles. The summed E-state index contributed by atoms with van der Waals surface area (Å²) in [5.41, 5.74) is 3.37. The van der Waals surface area contributed by atoms with Gasteiger partial charge in [0.2, 0.25) is 0 Å². The second-order valence-electron chi connectivity index (χ2n) is 12.7. The van der Waals surface area contributed by atoms with Gasteiger partial charge in [-0.2, -0.15) is 0 Å². The number of aromatic nitrogens is 1. The summed E-state index contributed by atoms with van der Waals surface area (Å²) < 4.78 is 32.9. The van der Waals surface area contributed by atoms with Crippen molar-refractivity contribution in [1.82, 2.24) is 14.8 Å². The fourth-order valence-electron chi connectivity index (χ4n) is 6.57. The van der Waals surface area contributed by atoms with E-state index in [2.05, 4.69) is 21.3 Å². The van der Waals surface area contributed by atoms with Crippen molar-refractivity contribution in [3.8, 4) is 5.75 Å². The average molecular weight is 553 g/mol. The van der Waals surface area contributed by atoms with Crippen molar-refractivity contribution < 1.29 is 23.4 Å². The topological polar surface area (TPSA) is 76.2 Å². The second-order valence-corrected chi connectivity index (χ2v) is 12.7. The number of hydrogen-bond donors (Lipinski definition) is 1. The average Bonchev–Trinajstić information content (AvgIpc) is 3.04. The van der Waals surface area contributed by atoms with Gasteiger partial charge in [-0.25, -0.2) is 14.2 Å². The summed E-state index contributed by atoms with van der Waals surface area (Å²) in [7, 11) is 0. The van der Waals surface area contributed by atoms with E-state index >= 15 is 4.39 Å². The molecule has 0 bridgehead atoms. The molecule has 216 valence electrons. The Morgan fingerprint density at radius 2 is 1.82 bits per heavy atom. The molecular weight excluding hydrogens is 511 g/mol. The van der Waals surface area contributed by atoms with E-state index in [1.54, 1.807) is 6.07 Å². The van der Waals surface area contributed by atoms with Crippen molar-refractivity contribution >= 4 is 17.6 Å². The molecule has 0 unspecified atom stereocenters. The van der Waals surface area contributed by atoms with E-state index in [9.17, 15) is 4.79 Å². The summed E-state index contributed by atoms with van der Waals surface area (Å²) in [4.78, 5) is 21.3. The standard InChI is InChI=1S/C31H41FN4O4/c1-19-27-24(20-8-13-38-14-9-20)5-10-33-29(27)34-26-16-21(15-25(32)28(26)39-19)22-17-36(18-22)23-6-11-35(12-7-23)30(37)40-31(2,3)4/h5,10,15-16,19-20,22-23H,6-9,11-14,17-18H2,1-4H3,(H,33,34)/t19-/m1/s1. The molecule has 40 heavy (non-hydrogen) atoms. The molecule has 9 heteroatoms. The summed E-state index contributed by atoms with van der Waals surface area (Å²) >= 11 is 0. The first-order valence-electron chi connectivity index (χ1n) is 14.7. The molecule has 4 aliphatic rings. The molecule has 0 saturated carbocycles. The minimum atomic E-state index is -0.481. The first-order valence-corrected chi connectivity index (χ1v) is 14.7. The quantitative estimate of drug-likeness (QED) is 0.492. The highest BCUT2D eigenvalue weighted by molar-refractivity contribution is 5.71. The van der Waals surface area contributed by atoms with Crippen LogP contribution < -0.4 is 10.1 Å². The van der Waals surface area contributed by atoms with Crippen LogP contribution in [-0.4, -0.2) is 71.9 Å². The van der Waals surface area contributed by atoms with Gasteiger partial charge >= 0.3 is 6.09 Å². The Kier molecular flexibility index (Phi) is 7.38. The van der Waals surface area contributed by atoms with Crippen LogP contribution in [0.3, 0.4) is 0 Å². The number of amides is 1. The van der Waals surface area contributed by atoms with Crippen LogP contribution in [0.1, 0.15) is 88.0 Å². The second kappa shape index (κ2) is 10.8. The van der Waals surface area contributed by atoms with E-state index in [-0.39, 0.29) is 29.7 Å². The summed E-state index contributed by atoms with van der Waals surface area (Å²) in [6.07, 6.45) is 5.08. The number of rotatable bonds is 3. The van der Waals surface area contributed by atoms with E-state index < -0.39 is 5.60 Å². The van der Waals surface area contributed by atoms with Gasteiger partial charge in [0.15, 0.2) is 11.6 Å². The Bertz CT molecular complexity index is 1240. The number of fused-ring (bicyclic) bond motifs is 2. The van der Waals surface area contributed by atoms with E-state index in [0.29, 0.717) is 30.7 Å². The third kappa shape index (κ3) is 5.50. The smallest absolute Gasteiger partial charge is 0.410 e. The SMILES string of the molecule is C[C@H]1Oc2c(F)cc(C3CN(C4CCN(C(=O)OC(C)(C)C)CC4)C3)cc2Nc2nccc(C3CCOCC3)c21. The summed E-state index contributed by atoms with van der Waals surface area (Å²) in [6.45, 7) is 12.3. The number of ether oxygens (including phenoxy) is 3. The van der Waals surface area contributed by atoms with Gasteiger partial charge in [-0.05, 0) is 88.6 Å². The molecule has 4 aliphatic heterocycles. The van der Waals surface area contributed by atoms with Crippen molar-refractivity contribution in [2.45, 2.75) is 83.0 Å². The number of carbonyl (C=O) groups is 1. The van der Waals surface area contributed by atoms with Gasteiger partial charge in [0.05, 0.1) is 5.69 Å². The van der Waals surface area contributed by atoms with Gasteiger partial charge in [0.1, 0.15) is 17.5 Å². The van der Waals surface area contributed by atoms with Gasteiger partial charge in [0, 0.05) is 63.1 Å². The number of benzene rings is 1. The highest BCUT2D eigenvalue weighted by atomic mass is 19.1. The van der Waals surface area contributed by atoms with Crippen molar-refractivity contribution in [3.63, 3.8) is 0 Å². The Morgan fingerprint density at radius 3 is 2.52 bits per heavy atom. The van der Waals surface area contributed by atoms with Crippen molar-refractivity contribution in [2.24, 2.45) is 0 Å². The van der Waals surface area contributed by atoms with Gasteiger partial charge < -0.3 is 24.4 Å². The lowest BCUT2D eigenvalue weighted by atomic mass is 9.87. The van der Waals surface area contributed by atoms with Crippen LogP contribution in [0.4, 0.5) is 20.7 Å². The maximum absolute atomic E-state index is 15.5. The zero-order valence-electron chi connectivity index (χ0n) is 24.0. The lowest BCUT2D eigenvalue weighted by molar-refractivity contribution is 0.00589. The highest BCUT2D eigenvalue weighted by Crippen LogP contribution is 2.45. The Morgan fingerprint density at radius 1 is 1.10 bits per heavy atom. The number of piperidine rings is 1. The third-order valence-corrected chi connectivity index (χ3v) is 8.72. The van der Waals surface area contributed by atoms with Crippen LogP contribution in [0.2, 0.25) is 0 Å². The minimum absolute atomic E-state index is 0.229. The predicted octanol–water partition coefficient (Wildman–Crippen LogP) is 6.11. The number of anilines is 2. The van der Waals surface area contributed by atoms with Crippen LogP contribution in [0.15, 0.2) is 24.4 Å². The Labute approximate surface area is 236 Å². The fourth-order valence-corrected chi connectivity index (χ4v) is 6.57. The van der Waals surface area contributed by atoms with Gasteiger partial charge in [-0.3, -0.25) is 4.90 Å². The number of nitrogens with one attached hydrogen (secondary N) is 1. The van der Waals surface area contributed by atoms with Crippen molar-refractivity contribution in [1.29, 1.82) is 0 Å². The zero-order valence-corrected chi connectivity index (χ0v) is 24.0. The van der Waals surface area contributed by atoms with Crippen LogP contribution in [-0.2, 0) is 9.47 Å². The number of nitrogens with zero attached hydrogens (tertiary/aromatic N) is 3.